The average molecular weight is 158 g/mol. The van der Waals surface area contributed by atoms with Gasteiger partial charge in [-0.05, 0) is 18.6 Å². The zero-order chi connectivity index (χ0) is 8.55. The van der Waals surface area contributed by atoms with E-state index in [1.165, 1.54) is 6.20 Å². The second-order valence-corrected chi connectivity index (χ2v) is 2.82. The van der Waals surface area contributed by atoms with Crippen molar-refractivity contribution in [3.8, 4) is 5.75 Å². The molecule has 2 heteroatoms. The molecule has 2 nitrogen and oxygen atoms in total. The van der Waals surface area contributed by atoms with Crippen LogP contribution in [0.5, 0.6) is 5.75 Å². The fourth-order valence-electron chi connectivity index (χ4n) is 1.29. The van der Waals surface area contributed by atoms with E-state index in [1.807, 2.05) is 25.1 Å². The highest BCUT2D eigenvalue weighted by molar-refractivity contribution is 5.82. The molecule has 1 radical (unpaired) electrons. The molecule has 0 unspecified atom stereocenters. The Morgan fingerprint density at radius 2 is 2.17 bits per heavy atom. The van der Waals surface area contributed by atoms with Crippen molar-refractivity contribution in [1.82, 2.24) is 4.98 Å². The molecule has 0 N–H and O–H groups in total. The number of nitrogens with zero attached hydrogens (tertiary/aromatic N) is 1. The molecule has 1 heterocycles. The second-order valence-electron chi connectivity index (χ2n) is 2.82. The quantitative estimate of drug-likeness (QED) is 0.580. The fourth-order valence-corrected chi connectivity index (χ4v) is 1.29. The first kappa shape index (κ1) is 7.10. The average Bonchev–Trinajstić information content (AvgIpc) is 2.04. The number of pyridine rings is 1. The van der Waals surface area contributed by atoms with E-state index in [2.05, 4.69) is 4.98 Å². The zero-order valence-corrected chi connectivity index (χ0v) is 6.74. The predicted molar refractivity (Wildman–Crippen MR) is 46.6 cm³/mol. The van der Waals surface area contributed by atoms with Crippen molar-refractivity contribution in [3.63, 3.8) is 0 Å². The molecule has 0 saturated heterocycles. The SMILES string of the molecule is Cc1cccc2cc([O])cnc12. The third kappa shape index (κ3) is 1.01. The fraction of sp³-hybridized carbons (Fsp3) is 0.100. The van der Waals surface area contributed by atoms with Crippen molar-refractivity contribution in [2.24, 2.45) is 0 Å². The molecule has 2 rings (SSSR count). The number of hydrogen-bond acceptors (Lipinski definition) is 1. The molecule has 0 aliphatic rings. The summed E-state index contributed by atoms with van der Waals surface area (Å²) in [5, 5.41) is 11.9. The van der Waals surface area contributed by atoms with E-state index in [9.17, 15) is 5.11 Å². The van der Waals surface area contributed by atoms with Gasteiger partial charge in [-0.15, -0.1) is 0 Å². The Kier molecular flexibility index (Phi) is 1.47. The molecule has 0 fully saturated rings. The number of para-hydroxylation sites is 1. The highest BCUT2D eigenvalue weighted by atomic mass is 16.3. The summed E-state index contributed by atoms with van der Waals surface area (Å²) in [6.07, 6.45) is 1.36. The van der Waals surface area contributed by atoms with Gasteiger partial charge in [-0.3, -0.25) is 10.1 Å². The van der Waals surface area contributed by atoms with E-state index < -0.39 is 0 Å². The van der Waals surface area contributed by atoms with Crippen molar-refractivity contribution < 1.29 is 5.11 Å². The van der Waals surface area contributed by atoms with E-state index >= 15 is 0 Å². The molecule has 0 aliphatic heterocycles. The van der Waals surface area contributed by atoms with Crippen LogP contribution in [0.3, 0.4) is 0 Å². The van der Waals surface area contributed by atoms with Crippen LogP contribution in [0.1, 0.15) is 5.56 Å². The van der Waals surface area contributed by atoms with Gasteiger partial charge in [-0.25, -0.2) is 0 Å². The lowest BCUT2D eigenvalue weighted by atomic mass is 10.1. The largest absolute Gasteiger partial charge is 0.288 e. The Bertz CT molecular complexity index is 423. The second kappa shape index (κ2) is 2.48. The Balaban J connectivity index is 2.86. The van der Waals surface area contributed by atoms with Gasteiger partial charge < -0.3 is 0 Å². The van der Waals surface area contributed by atoms with E-state index in [1.54, 1.807) is 6.07 Å². The zero-order valence-electron chi connectivity index (χ0n) is 6.74. The van der Waals surface area contributed by atoms with E-state index in [0.29, 0.717) is 0 Å². The van der Waals surface area contributed by atoms with Crippen LogP contribution in [0.4, 0.5) is 0 Å². The molecule has 1 aromatic heterocycles. The highest BCUT2D eigenvalue weighted by Crippen LogP contribution is 2.19. The van der Waals surface area contributed by atoms with Crippen LogP contribution >= 0.6 is 0 Å². The number of rotatable bonds is 0. The van der Waals surface area contributed by atoms with E-state index in [0.717, 1.165) is 16.5 Å². The van der Waals surface area contributed by atoms with Crippen LogP contribution < -0.4 is 0 Å². The van der Waals surface area contributed by atoms with Gasteiger partial charge >= 0.3 is 0 Å². The smallest absolute Gasteiger partial charge is 0.197 e. The third-order valence-electron chi connectivity index (χ3n) is 1.89. The summed E-state index contributed by atoms with van der Waals surface area (Å²) in [6, 6.07) is 7.42. The van der Waals surface area contributed by atoms with Crippen LogP contribution in [-0.4, -0.2) is 4.98 Å². The maximum absolute atomic E-state index is 10.9. The van der Waals surface area contributed by atoms with Crippen molar-refractivity contribution in [3.05, 3.63) is 36.0 Å². The summed E-state index contributed by atoms with van der Waals surface area (Å²) in [5.41, 5.74) is 2.02. The van der Waals surface area contributed by atoms with Gasteiger partial charge in [0, 0.05) is 5.39 Å². The van der Waals surface area contributed by atoms with Gasteiger partial charge in [0.15, 0.2) is 5.75 Å². The number of fused-ring (bicyclic) bond motifs is 1. The van der Waals surface area contributed by atoms with Gasteiger partial charge in [-0.2, -0.15) is 0 Å². The standard InChI is InChI=1S/C10H8NO/c1-7-3-2-4-8-5-9(12)6-11-10(7)8/h2-6H,1H3. The Hall–Kier alpha value is -1.57. The number of aromatic nitrogens is 1. The lowest BCUT2D eigenvalue weighted by molar-refractivity contribution is 0.354. The summed E-state index contributed by atoms with van der Waals surface area (Å²) in [7, 11) is 0. The van der Waals surface area contributed by atoms with Gasteiger partial charge in [0.2, 0.25) is 0 Å². The van der Waals surface area contributed by atoms with E-state index in [-0.39, 0.29) is 5.75 Å². The number of benzene rings is 1. The summed E-state index contributed by atoms with van der Waals surface area (Å²) in [6.45, 7) is 1.99. The maximum atomic E-state index is 10.9. The summed E-state index contributed by atoms with van der Waals surface area (Å²) in [5.74, 6) is -0.0342. The first-order valence-electron chi connectivity index (χ1n) is 3.80. The molecule has 2 aromatic rings. The van der Waals surface area contributed by atoms with Crippen molar-refractivity contribution in [2.45, 2.75) is 6.92 Å². The monoisotopic (exact) mass is 158 g/mol. The lowest BCUT2D eigenvalue weighted by Crippen LogP contribution is -1.81. The Morgan fingerprint density at radius 1 is 1.33 bits per heavy atom. The highest BCUT2D eigenvalue weighted by Gasteiger charge is 1.98. The van der Waals surface area contributed by atoms with Crippen molar-refractivity contribution in [2.75, 3.05) is 0 Å². The Labute approximate surface area is 70.5 Å². The normalized spacial score (nSPS) is 10.4. The van der Waals surface area contributed by atoms with Gasteiger partial charge in [0.05, 0.1) is 11.7 Å². The van der Waals surface area contributed by atoms with Crippen LogP contribution in [-0.2, 0) is 5.11 Å². The van der Waals surface area contributed by atoms with Crippen LogP contribution in [0, 0.1) is 6.92 Å². The van der Waals surface area contributed by atoms with Crippen molar-refractivity contribution >= 4 is 10.9 Å². The molecule has 12 heavy (non-hydrogen) atoms. The summed E-state index contributed by atoms with van der Waals surface area (Å²) >= 11 is 0. The topological polar surface area (TPSA) is 32.8 Å². The molecule has 0 aliphatic carbocycles. The number of aryl methyl sites for hydroxylation is 1. The maximum Gasteiger partial charge on any atom is 0.197 e. The molecular formula is C10H8NO. The minimum atomic E-state index is -0.0342. The minimum absolute atomic E-state index is 0.0342. The molecule has 0 spiro atoms. The molecular weight excluding hydrogens is 150 g/mol. The first-order chi connectivity index (χ1) is 5.77. The predicted octanol–water partition coefficient (Wildman–Crippen LogP) is 2.69. The van der Waals surface area contributed by atoms with Crippen LogP contribution in [0.25, 0.3) is 10.9 Å². The Morgan fingerprint density at radius 3 is 3.00 bits per heavy atom. The molecule has 59 valence electrons. The summed E-state index contributed by atoms with van der Waals surface area (Å²) < 4.78 is 0. The first-order valence-corrected chi connectivity index (χ1v) is 3.80. The lowest BCUT2D eigenvalue weighted by Gasteiger charge is -1.98. The molecule has 0 atom stereocenters. The van der Waals surface area contributed by atoms with E-state index in [4.69, 9.17) is 0 Å². The van der Waals surface area contributed by atoms with Crippen LogP contribution in [0.2, 0.25) is 0 Å². The summed E-state index contributed by atoms with van der Waals surface area (Å²) in [4.78, 5) is 4.07. The third-order valence-corrected chi connectivity index (χ3v) is 1.89. The van der Waals surface area contributed by atoms with Gasteiger partial charge in [-0.1, -0.05) is 18.2 Å². The van der Waals surface area contributed by atoms with Gasteiger partial charge in [0.1, 0.15) is 0 Å². The van der Waals surface area contributed by atoms with Crippen LogP contribution in [0.15, 0.2) is 30.5 Å². The van der Waals surface area contributed by atoms with Crippen molar-refractivity contribution in [1.29, 1.82) is 0 Å². The molecule has 0 amide bonds. The molecule has 0 bridgehead atoms. The molecule has 1 aromatic carbocycles. The minimum Gasteiger partial charge on any atom is -0.288 e. The van der Waals surface area contributed by atoms with Gasteiger partial charge in [0.25, 0.3) is 0 Å². The number of hydrogen-bond donors (Lipinski definition) is 0. The molecule has 0 saturated carbocycles.